The summed E-state index contributed by atoms with van der Waals surface area (Å²) in [5.74, 6) is 1.14. The molecule has 29 heavy (non-hydrogen) atoms. The zero-order valence-corrected chi connectivity index (χ0v) is 18.3. The summed E-state index contributed by atoms with van der Waals surface area (Å²) >= 11 is 5.99. The molecule has 0 spiro atoms. The molecule has 154 valence electrons. The van der Waals surface area contributed by atoms with Crippen LogP contribution in [0.2, 0.25) is 5.02 Å². The van der Waals surface area contributed by atoms with Gasteiger partial charge in [0.2, 0.25) is 0 Å². The number of hydrogen-bond acceptors (Lipinski definition) is 5. The van der Waals surface area contributed by atoms with Crippen molar-refractivity contribution in [1.82, 2.24) is 23.8 Å². The van der Waals surface area contributed by atoms with E-state index < -0.39 is 10.0 Å². The van der Waals surface area contributed by atoms with Gasteiger partial charge in [0, 0.05) is 55.4 Å². The molecule has 3 aromatic heterocycles. The van der Waals surface area contributed by atoms with E-state index in [2.05, 4.69) is 15.0 Å². The average Bonchev–Trinajstić information content (AvgIpc) is 3.10. The Bertz CT molecular complexity index is 1150. The highest BCUT2D eigenvalue weighted by molar-refractivity contribution is 7.89. The predicted octanol–water partition coefficient (Wildman–Crippen LogP) is 3.71. The summed E-state index contributed by atoms with van der Waals surface area (Å²) in [4.78, 5) is 13.3. The fourth-order valence-electron chi connectivity index (χ4n) is 3.86. The number of fused-ring (bicyclic) bond motifs is 1. The van der Waals surface area contributed by atoms with Crippen LogP contribution in [0, 0.1) is 0 Å². The van der Waals surface area contributed by atoms with Crippen molar-refractivity contribution in [1.29, 1.82) is 0 Å². The van der Waals surface area contributed by atoms with Gasteiger partial charge in [-0.25, -0.2) is 23.4 Å². The molecule has 1 fully saturated rings. The van der Waals surface area contributed by atoms with Gasteiger partial charge in [-0.2, -0.15) is 4.31 Å². The topological polar surface area (TPSA) is 81.0 Å². The Balaban J connectivity index is 1.50. The summed E-state index contributed by atoms with van der Waals surface area (Å²) in [7, 11) is -1.75. The number of sulfonamides is 1. The molecule has 0 aromatic carbocycles. The molecule has 0 unspecified atom stereocenters. The third-order valence-corrected chi connectivity index (χ3v) is 7.39. The second kappa shape index (κ2) is 7.66. The molecule has 0 saturated carbocycles. The molecule has 0 amide bonds. The van der Waals surface area contributed by atoms with Gasteiger partial charge in [-0.05, 0) is 31.0 Å². The summed E-state index contributed by atoms with van der Waals surface area (Å²) in [5, 5.41) is 1.62. The fourth-order valence-corrected chi connectivity index (χ4v) is 5.49. The molecule has 0 N–H and O–H groups in total. The smallest absolute Gasteiger partial charge is 0.262 e. The van der Waals surface area contributed by atoms with E-state index in [-0.39, 0.29) is 16.9 Å². The molecule has 4 heterocycles. The quantitative estimate of drug-likeness (QED) is 0.626. The van der Waals surface area contributed by atoms with Crippen LogP contribution in [0.25, 0.3) is 11.0 Å². The van der Waals surface area contributed by atoms with E-state index in [9.17, 15) is 8.42 Å². The molecule has 1 saturated heterocycles. The van der Waals surface area contributed by atoms with Gasteiger partial charge in [-0.1, -0.05) is 25.4 Å². The molecular weight excluding hydrogens is 410 g/mol. The number of imidazole rings is 1. The van der Waals surface area contributed by atoms with Crippen LogP contribution in [-0.2, 0) is 17.1 Å². The van der Waals surface area contributed by atoms with Crippen LogP contribution in [0.4, 0.5) is 0 Å². The predicted molar refractivity (Wildman–Crippen MR) is 113 cm³/mol. The Morgan fingerprint density at radius 2 is 1.90 bits per heavy atom. The molecular formula is C20H24ClN5O2S. The first-order chi connectivity index (χ1) is 13.8. The molecule has 9 heteroatoms. The monoisotopic (exact) mass is 433 g/mol. The van der Waals surface area contributed by atoms with Crippen molar-refractivity contribution < 1.29 is 8.42 Å². The van der Waals surface area contributed by atoms with Gasteiger partial charge < -0.3 is 4.57 Å². The molecule has 1 aliphatic rings. The van der Waals surface area contributed by atoms with Crippen LogP contribution in [0.5, 0.6) is 0 Å². The van der Waals surface area contributed by atoms with Crippen molar-refractivity contribution in [3.63, 3.8) is 0 Å². The van der Waals surface area contributed by atoms with Gasteiger partial charge in [-0.15, -0.1) is 0 Å². The summed E-state index contributed by atoms with van der Waals surface area (Å²) < 4.78 is 29.4. The second-order valence-corrected chi connectivity index (χ2v) is 10.1. The molecule has 0 bridgehead atoms. The molecule has 7 nitrogen and oxygen atoms in total. The van der Waals surface area contributed by atoms with E-state index in [4.69, 9.17) is 11.6 Å². The SMILES string of the molecule is CC(C)c1nc(S(=O)(=O)N2CCC(c3ccc4cc(Cl)cnc4n3)CC2)cn1C. The Kier molecular flexibility index (Phi) is 5.35. The van der Waals surface area contributed by atoms with Crippen molar-refractivity contribution in [3.8, 4) is 0 Å². The summed E-state index contributed by atoms with van der Waals surface area (Å²) in [6, 6.07) is 5.80. The van der Waals surface area contributed by atoms with E-state index in [1.54, 1.807) is 17.0 Å². The highest BCUT2D eigenvalue weighted by atomic mass is 35.5. The van der Waals surface area contributed by atoms with E-state index in [0.717, 1.165) is 29.7 Å². The highest BCUT2D eigenvalue weighted by Gasteiger charge is 2.32. The van der Waals surface area contributed by atoms with Crippen molar-refractivity contribution >= 4 is 32.7 Å². The molecule has 3 aromatic rings. The van der Waals surface area contributed by atoms with Gasteiger partial charge in [0.1, 0.15) is 5.82 Å². The lowest BCUT2D eigenvalue weighted by Gasteiger charge is -2.30. The zero-order chi connectivity index (χ0) is 20.8. The third-order valence-electron chi connectivity index (χ3n) is 5.41. The third kappa shape index (κ3) is 3.89. The minimum absolute atomic E-state index is 0.132. The van der Waals surface area contributed by atoms with Crippen LogP contribution >= 0.6 is 11.6 Å². The minimum atomic E-state index is -3.59. The van der Waals surface area contributed by atoms with Gasteiger partial charge in [0.25, 0.3) is 10.0 Å². The first kappa shape index (κ1) is 20.3. The fraction of sp³-hybridized carbons (Fsp3) is 0.450. The van der Waals surface area contributed by atoms with Crippen LogP contribution in [0.1, 0.15) is 50.0 Å². The number of nitrogens with zero attached hydrogens (tertiary/aromatic N) is 5. The first-order valence-corrected chi connectivity index (χ1v) is 11.5. The molecule has 1 aliphatic heterocycles. The van der Waals surface area contributed by atoms with Crippen LogP contribution in [0.15, 0.2) is 35.6 Å². The van der Waals surface area contributed by atoms with Gasteiger partial charge in [-0.3, -0.25) is 0 Å². The van der Waals surface area contributed by atoms with E-state index in [1.165, 1.54) is 4.31 Å². The lowest BCUT2D eigenvalue weighted by molar-refractivity contribution is 0.316. The number of piperidine rings is 1. The zero-order valence-electron chi connectivity index (χ0n) is 16.7. The highest BCUT2D eigenvalue weighted by Crippen LogP contribution is 2.31. The first-order valence-electron chi connectivity index (χ1n) is 9.71. The molecule has 0 aliphatic carbocycles. The Morgan fingerprint density at radius 3 is 2.55 bits per heavy atom. The number of hydrogen-bond donors (Lipinski definition) is 0. The lowest BCUT2D eigenvalue weighted by Crippen LogP contribution is -2.38. The Morgan fingerprint density at radius 1 is 1.17 bits per heavy atom. The molecule has 4 rings (SSSR count). The van der Waals surface area contributed by atoms with E-state index in [1.807, 2.05) is 39.1 Å². The Hall–Kier alpha value is -2.03. The number of pyridine rings is 2. The van der Waals surface area contributed by atoms with Crippen molar-refractivity contribution in [2.45, 2.75) is 43.6 Å². The van der Waals surface area contributed by atoms with Crippen molar-refractivity contribution in [2.75, 3.05) is 13.1 Å². The Labute approximate surface area is 175 Å². The van der Waals surface area contributed by atoms with Crippen molar-refractivity contribution in [2.24, 2.45) is 7.05 Å². The number of aryl methyl sites for hydroxylation is 1. The molecule has 0 radical (unpaired) electrons. The van der Waals surface area contributed by atoms with Gasteiger partial charge in [0.15, 0.2) is 10.7 Å². The normalized spacial score (nSPS) is 16.7. The largest absolute Gasteiger partial charge is 0.336 e. The van der Waals surface area contributed by atoms with Gasteiger partial charge in [0.05, 0.1) is 5.02 Å². The maximum absolute atomic E-state index is 13.0. The second-order valence-electron chi connectivity index (χ2n) is 7.82. The van der Waals surface area contributed by atoms with Crippen LogP contribution in [0.3, 0.4) is 0 Å². The lowest BCUT2D eigenvalue weighted by atomic mass is 9.94. The standard InChI is InChI=1S/C20H24ClN5O2S/c1-13(2)20-24-18(12-25(20)3)29(27,28)26-8-6-14(7-9-26)17-5-4-15-10-16(21)11-22-19(15)23-17/h4-5,10-14H,6-9H2,1-3H3. The molecule has 0 atom stereocenters. The van der Waals surface area contributed by atoms with E-state index in [0.29, 0.717) is 23.8 Å². The minimum Gasteiger partial charge on any atom is -0.336 e. The summed E-state index contributed by atoms with van der Waals surface area (Å²) in [6.45, 7) is 4.91. The maximum atomic E-state index is 13.0. The average molecular weight is 434 g/mol. The number of rotatable bonds is 4. The maximum Gasteiger partial charge on any atom is 0.262 e. The number of halogens is 1. The van der Waals surface area contributed by atoms with Gasteiger partial charge >= 0.3 is 0 Å². The van der Waals surface area contributed by atoms with E-state index >= 15 is 0 Å². The van der Waals surface area contributed by atoms with Crippen LogP contribution in [-0.4, -0.2) is 45.3 Å². The summed E-state index contributed by atoms with van der Waals surface area (Å²) in [5.41, 5.74) is 1.61. The van der Waals surface area contributed by atoms with Crippen molar-refractivity contribution in [3.05, 3.63) is 47.1 Å². The van der Waals surface area contributed by atoms with Crippen LogP contribution < -0.4 is 0 Å². The summed E-state index contributed by atoms with van der Waals surface area (Å²) in [6.07, 6.45) is 4.64. The number of aromatic nitrogens is 4.